The van der Waals surface area contributed by atoms with Crippen molar-refractivity contribution in [2.24, 2.45) is 0 Å². The van der Waals surface area contributed by atoms with Crippen LogP contribution in [0.15, 0.2) is 217 Å². The average Bonchev–Trinajstić information content (AvgIpc) is 4.01. The lowest BCUT2D eigenvalue weighted by atomic mass is 10.0. The number of rotatable bonds is 6. The molecule has 0 amide bonds. The zero-order valence-corrected chi connectivity index (χ0v) is 33.9. The predicted octanol–water partition coefficient (Wildman–Crippen LogP) is 14.6. The SMILES string of the molecule is c1ccc(-c2ccc(-c3nc(-c4ccc(-c5cccc6c5oc5ccccc56)cc4)nc(-n4c5ccccc5c5cc6c(cc54)c4ccccc4n6-c4ccccc4)n3)cc2)cc1. The Morgan fingerprint density at radius 2 is 0.810 bits per heavy atom. The fourth-order valence-corrected chi connectivity index (χ4v) is 9.44. The Bertz CT molecular complexity index is 3880. The van der Waals surface area contributed by atoms with E-state index in [1.54, 1.807) is 0 Å². The zero-order valence-electron chi connectivity index (χ0n) is 33.9. The van der Waals surface area contributed by atoms with Crippen LogP contribution in [0.1, 0.15) is 0 Å². The molecular weight excluding hydrogens is 771 g/mol. The Balaban J connectivity index is 1.02. The summed E-state index contributed by atoms with van der Waals surface area (Å²) >= 11 is 0. The number of furan rings is 1. The van der Waals surface area contributed by atoms with Crippen LogP contribution in [0.2, 0.25) is 0 Å². The summed E-state index contributed by atoms with van der Waals surface area (Å²) in [5.41, 5.74) is 13.4. The topological polar surface area (TPSA) is 61.7 Å². The summed E-state index contributed by atoms with van der Waals surface area (Å²) in [7, 11) is 0. The maximum atomic E-state index is 6.42. The summed E-state index contributed by atoms with van der Waals surface area (Å²) in [6.45, 7) is 0. The molecule has 0 saturated heterocycles. The van der Waals surface area contributed by atoms with Crippen molar-refractivity contribution in [3.8, 4) is 56.7 Å². The van der Waals surface area contributed by atoms with Gasteiger partial charge in [0.15, 0.2) is 11.6 Å². The van der Waals surface area contributed by atoms with Crippen molar-refractivity contribution in [3.05, 3.63) is 212 Å². The number of benzene rings is 9. The van der Waals surface area contributed by atoms with Gasteiger partial charge in [0.1, 0.15) is 11.2 Å². The first-order chi connectivity index (χ1) is 31.2. The highest BCUT2D eigenvalue weighted by Crippen LogP contribution is 2.40. The normalized spacial score (nSPS) is 11.8. The number of nitrogens with zero attached hydrogens (tertiary/aromatic N) is 5. The van der Waals surface area contributed by atoms with Gasteiger partial charge in [-0.15, -0.1) is 0 Å². The molecule has 4 heterocycles. The van der Waals surface area contributed by atoms with Crippen molar-refractivity contribution in [1.29, 1.82) is 0 Å². The number of aromatic nitrogens is 5. The molecule has 13 aromatic rings. The second-order valence-electron chi connectivity index (χ2n) is 16.0. The van der Waals surface area contributed by atoms with Gasteiger partial charge in [-0.1, -0.05) is 170 Å². The van der Waals surface area contributed by atoms with Crippen molar-refractivity contribution < 1.29 is 4.42 Å². The van der Waals surface area contributed by atoms with Gasteiger partial charge in [0.25, 0.3) is 0 Å². The molecule has 0 aliphatic rings. The molecule has 0 bridgehead atoms. The Morgan fingerprint density at radius 1 is 0.317 bits per heavy atom. The molecule has 294 valence electrons. The minimum atomic E-state index is 0.551. The van der Waals surface area contributed by atoms with Crippen LogP contribution in [0, 0.1) is 0 Å². The third-order valence-electron chi connectivity index (χ3n) is 12.4. The first-order valence-corrected chi connectivity index (χ1v) is 21.2. The van der Waals surface area contributed by atoms with E-state index in [-0.39, 0.29) is 0 Å². The van der Waals surface area contributed by atoms with Gasteiger partial charge in [-0.3, -0.25) is 4.57 Å². The molecule has 0 saturated carbocycles. The summed E-state index contributed by atoms with van der Waals surface area (Å²) in [6, 6.07) is 74.4. The van der Waals surface area contributed by atoms with Gasteiger partial charge in [-0.25, -0.2) is 4.98 Å². The highest BCUT2D eigenvalue weighted by Gasteiger charge is 2.21. The van der Waals surface area contributed by atoms with E-state index in [0.717, 1.165) is 99.2 Å². The van der Waals surface area contributed by atoms with Gasteiger partial charge in [-0.05, 0) is 59.2 Å². The number of hydrogen-bond acceptors (Lipinski definition) is 4. The molecule has 0 unspecified atom stereocenters. The van der Waals surface area contributed by atoms with Crippen LogP contribution in [-0.2, 0) is 0 Å². The van der Waals surface area contributed by atoms with Crippen LogP contribution in [-0.4, -0.2) is 24.1 Å². The van der Waals surface area contributed by atoms with E-state index >= 15 is 0 Å². The molecule has 4 aromatic heterocycles. The summed E-state index contributed by atoms with van der Waals surface area (Å²) in [5, 5.41) is 6.80. The molecule has 6 heteroatoms. The van der Waals surface area contributed by atoms with E-state index in [4.69, 9.17) is 19.4 Å². The van der Waals surface area contributed by atoms with Gasteiger partial charge in [-0.2, -0.15) is 9.97 Å². The van der Waals surface area contributed by atoms with Gasteiger partial charge in [0, 0.05) is 54.7 Å². The smallest absolute Gasteiger partial charge is 0.238 e. The first-order valence-electron chi connectivity index (χ1n) is 21.2. The Labute approximate surface area is 361 Å². The fraction of sp³-hybridized carbons (Fsp3) is 0. The van der Waals surface area contributed by atoms with Gasteiger partial charge in [0.05, 0.1) is 22.1 Å². The Kier molecular flexibility index (Phi) is 7.80. The van der Waals surface area contributed by atoms with Gasteiger partial charge in [0.2, 0.25) is 5.95 Å². The minimum absolute atomic E-state index is 0.551. The summed E-state index contributed by atoms with van der Waals surface area (Å²) in [6.07, 6.45) is 0. The van der Waals surface area contributed by atoms with E-state index in [0.29, 0.717) is 17.6 Å². The van der Waals surface area contributed by atoms with Crippen molar-refractivity contribution in [2.75, 3.05) is 0 Å². The summed E-state index contributed by atoms with van der Waals surface area (Å²) in [4.78, 5) is 15.8. The van der Waals surface area contributed by atoms with Crippen LogP contribution >= 0.6 is 0 Å². The van der Waals surface area contributed by atoms with Crippen molar-refractivity contribution in [2.45, 2.75) is 0 Å². The van der Waals surface area contributed by atoms with E-state index in [1.165, 1.54) is 5.39 Å². The first kappa shape index (κ1) is 35.2. The van der Waals surface area contributed by atoms with Gasteiger partial charge >= 0.3 is 0 Å². The maximum Gasteiger partial charge on any atom is 0.238 e. The Morgan fingerprint density at radius 3 is 1.48 bits per heavy atom. The number of fused-ring (bicyclic) bond motifs is 9. The average molecular weight is 806 g/mol. The molecule has 0 radical (unpaired) electrons. The van der Waals surface area contributed by atoms with Crippen LogP contribution < -0.4 is 0 Å². The lowest BCUT2D eigenvalue weighted by molar-refractivity contribution is 0.670. The monoisotopic (exact) mass is 805 g/mol. The third-order valence-corrected chi connectivity index (χ3v) is 12.4. The standard InChI is InChI=1S/C57H35N5O/c1-3-14-36(15-4-1)37-26-30-39(31-27-37)55-58-56(40-32-28-38(29-33-40)42-21-13-22-46-45-20-9-12-25-53(45)63-54(42)46)60-57(59-55)62-50-24-11-8-19-44(50)48-34-51-47(35-52(48)62)43-18-7-10-23-49(43)61(51)41-16-5-2-6-17-41/h1-35H. The minimum Gasteiger partial charge on any atom is -0.455 e. The van der Waals surface area contributed by atoms with E-state index in [9.17, 15) is 0 Å². The molecule has 6 nitrogen and oxygen atoms in total. The van der Waals surface area contributed by atoms with Crippen molar-refractivity contribution in [1.82, 2.24) is 24.1 Å². The van der Waals surface area contributed by atoms with E-state index in [1.807, 2.05) is 18.2 Å². The van der Waals surface area contributed by atoms with Crippen LogP contribution in [0.25, 0.3) is 122 Å². The number of hydrogen-bond donors (Lipinski definition) is 0. The molecular formula is C57H35N5O. The lowest BCUT2D eigenvalue weighted by Crippen LogP contribution is -2.06. The molecule has 63 heavy (non-hydrogen) atoms. The molecule has 13 rings (SSSR count). The molecule has 0 aliphatic carbocycles. The van der Waals surface area contributed by atoms with Crippen molar-refractivity contribution in [3.63, 3.8) is 0 Å². The third kappa shape index (κ3) is 5.62. The van der Waals surface area contributed by atoms with E-state index < -0.39 is 0 Å². The summed E-state index contributed by atoms with van der Waals surface area (Å²) < 4.78 is 11.0. The van der Waals surface area contributed by atoms with Gasteiger partial charge < -0.3 is 8.98 Å². The van der Waals surface area contributed by atoms with Crippen LogP contribution in [0.4, 0.5) is 0 Å². The molecule has 9 aromatic carbocycles. The second kappa shape index (κ2) is 14.0. The van der Waals surface area contributed by atoms with E-state index in [2.05, 4.69) is 203 Å². The second-order valence-corrected chi connectivity index (χ2v) is 16.0. The lowest BCUT2D eigenvalue weighted by Gasteiger charge is -2.12. The molecule has 0 N–H and O–H groups in total. The number of para-hydroxylation sites is 5. The molecule has 0 aliphatic heterocycles. The molecule has 0 spiro atoms. The Hall–Kier alpha value is -8.61. The predicted molar refractivity (Wildman–Crippen MR) is 258 cm³/mol. The van der Waals surface area contributed by atoms with Crippen molar-refractivity contribution >= 4 is 65.6 Å². The largest absolute Gasteiger partial charge is 0.455 e. The zero-order chi connectivity index (χ0) is 41.4. The van der Waals surface area contributed by atoms with Crippen LogP contribution in [0.3, 0.4) is 0 Å². The fourth-order valence-electron chi connectivity index (χ4n) is 9.44. The highest BCUT2D eigenvalue weighted by atomic mass is 16.3. The highest BCUT2D eigenvalue weighted by molar-refractivity contribution is 6.19. The van der Waals surface area contributed by atoms with Crippen LogP contribution in [0.5, 0.6) is 0 Å². The molecule has 0 atom stereocenters. The summed E-state index contributed by atoms with van der Waals surface area (Å²) in [5.74, 6) is 1.73. The maximum absolute atomic E-state index is 6.42. The quantitative estimate of drug-likeness (QED) is 0.168. The molecule has 0 fully saturated rings.